The van der Waals surface area contributed by atoms with Gasteiger partial charge >= 0.3 is 0 Å². The van der Waals surface area contributed by atoms with Gasteiger partial charge in [-0.25, -0.2) is 0 Å². The van der Waals surface area contributed by atoms with E-state index in [1.54, 1.807) is 0 Å². The molecule has 1 aliphatic heterocycles. The maximum atomic E-state index is 6.87. The lowest BCUT2D eigenvalue weighted by Crippen LogP contribution is -2.32. The maximum absolute atomic E-state index is 6.87. The zero-order valence-corrected chi connectivity index (χ0v) is 30.5. The Morgan fingerprint density at radius 1 is 0.418 bits per heavy atom. The topological polar surface area (TPSA) is 25.6 Å². The van der Waals surface area contributed by atoms with Gasteiger partial charge in [0, 0.05) is 50.4 Å². The molecule has 55 heavy (non-hydrogen) atoms. The van der Waals surface area contributed by atoms with Crippen LogP contribution in [0.15, 0.2) is 180 Å². The summed E-state index contributed by atoms with van der Waals surface area (Å²) in [5.74, 6) is 1.79. The molecule has 0 fully saturated rings. The Balaban J connectivity index is 1.08. The first-order valence-corrected chi connectivity index (χ1v) is 19.1. The van der Waals surface area contributed by atoms with E-state index in [0.717, 1.165) is 61.6 Å². The number of rotatable bonds is 3. The van der Waals surface area contributed by atoms with E-state index in [1.807, 2.05) is 0 Å². The van der Waals surface area contributed by atoms with E-state index in [1.165, 1.54) is 44.5 Å². The third kappa shape index (κ3) is 3.94. The fraction of sp³-hybridized carbons (Fsp3) is 0.0769. The summed E-state index contributed by atoms with van der Waals surface area (Å²) in [6, 6.07) is 63.6. The smallest absolute Gasteiger partial charge is 0.137 e. The molecule has 2 aliphatic carbocycles. The Morgan fingerprint density at radius 2 is 1.02 bits per heavy atom. The highest BCUT2D eigenvalue weighted by Crippen LogP contribution is 2.63. The van der Waals surface area contributed by atoms with Crippen LogP contribution in [0.25, 0.3) is 44.2 Å². The Morgan fingerprint density at radius 3 is 1.78 bits per heavy atom. The van der Waals surface area contributed by atoms with Gasteiger partial charge in [-0.3, -0.25) is 0 Å². The van der Waals surface area contributed by atoms with Crippen molar-refractivity contribution in [1.29, 1.82) is 0 Å². The largest absolute Gasteiger partial charge is 0.457 e. The van der Waals surface area contributed by atoms with Gasteiger partial charge < -0.3 is 14.1 Å². The van der Waals surface area contributed by atoms with Crippen molar-refractivity contribution in [2.45, 2.75) is 24.7 Å². The minimum Gasteiger partial charge on any atom is -0.457 e. The van der Waals surface area contributed by atoms with Crippen LogP contribution in [0.3, 0.4) is 0 Å². The van der Waals surface area contributed by atoms with Gasteiger partial charge in [0.05, 0.1) is 5.41 Å². The lowest BCUT2D eigenvalue weighted by atomic mass is 9.66. The van der Waals surface area contributed by atoms with Gasteiger partial charge in [-0.15, -0.1) is 0 Å². The lowest BCUT2D eigenvalue weighted by Gasteiger charge is -2.39. The van der Waals surface area contributed by atoms with Crippen LogP contribution in [0.1, 0.15) is 47.2 Å². The number of para-hydroxylation sites is 3. The fourth-order valence-corrected chi connectivity index (χ4v) is 10.2. The molecule has 0 amide bonds. The van der Waals surface area contributed by atoms with Gasteiger partial charge in [-0.2, -0.15) is 0 Å². The number of furan rings is 1. The highest BCUT2D eigenvalue weighted by molar-refractivity contribution is 6.16. The first-order chi connectivity index (χ1) is 27.0. The molecule has 0 saturated carbocycles. The minimum absolute atomic E-state index is 0.105. The molecule has 3 heteroatoms. The van der Waals surface area contributed by atoms with Gasteiger partial charge in [-0.05, 0) is 99.1 Å². The molecule has 0 bridgehead atoms. The van der Waals surface area contributed by atoms with Crippen molar-refractivity contribution < 1.29 is 9.15 Å². The summed E-state index contributed by atoms with van der Waals surface area (Å²) in [6.07, 6.45) is 0. The molecule has 260 valence electrons. The van der Waals surface area contributed by atoms with E-state index >= 15 is 0 Å². The molecule has 2 heterocycles. The van der Waals surface area contributed by atoms with E-state index in [0.29, 0.717) is 0 Å². The van der Waals surface area contributed by atoms with E-state index in [4.69, 9.17) is 9.15 Å². The first-order valence-electron chi connectivity index (χ1n) is 19.1. The quantitative estimate of drug-likeness (QED) is 0.183. The summed E-state index contributed by atoms with van der Waals surface area (Å²) in [4.78, 5) is 2.36. The average molecular weight is 706 g/mol. The van der Waals surface area contributed by atoms with Crippen molar-refractivity contribution in [3.63, 3.8) is 0 Å². The molecule has 0 atom stereocenters. The standard InChI is InChI=1S/C52H35NO2/c1-51(2)39-18-8-6-16-35(39)36-26-24-33(30-44(36)51)53(32-14-4-3-5-15-32)34-25-27-38-48(31-34)55-47-29-28-43-49(50(38)47)37-17-7-9-19-40(37)52(43)41-20-10-12-22-45(41)54-46-23-13-11-21-42(46)52/h3-31H,1-2H3. The molecule has 0 saturated heterocycles. The van der Waals surface area contributed by atoms with Gasteiger partial charge in [0.25, 0.3) is 0 Å². The number of nitrogens with zero attached hydrogens (tertiary/aromatic N) is 1. The maximum Gasteiger partial charge on any atom is 0.137 e. The van der Waals surface area contributed by atoms with Gasteiger partial charge in [0.15, 0.2) is 0 Å². The Labute approximate surface area is 319 Å². The van der Waals surface area contributed by atoms with E-state index in [2.05, 4.69) is 195 Å². The van der Waals surface area contributed by atoms with Gasteiger partial charge in [-0.1, -0.05) is 129 Å². The van der Waals surface area contributed by atoms with E-state index < -0.39 is 5.41 Å². The van der Waals surface area contributed by atoms with Crippen molar-refractivity contribution in [2.24, 2.45) is 0 Å². The lowest BCUT2D eigenvalue weighted by molar-refractivity contribution is 0.436. The van der Waals surface area contributed by atoms with Crippen molar-refractivity contribution in [2.75, 3.05) is 4.90 Å². The zero-order chi connectivity index (χ0) is 36.5. The monoisotopic (exact) mass is 705 g/mol. The van der Waals surface area contributed by atoms with E-state index in [-0.39, 0.29) is 5.41 Å². The number of fused-ring (bicyclic) bond motifs is 16. The Bertz CT molecular complexity index is 3010. The van der Waals surface area contributed by atoms with Crippen LogP contribution >= 0.6 is 0 Å². The predicted octanol–water partition coefficient (Wildman–Crippen LogP) is 13.8. The number of hydrogen-bond donors (Lipinski definition) is 0. The van der Waals surface area contributed by atoms with Crippen LogP contribution in [0.4, 0.5) is 17.1 Å². The third-order valence-electron chi connectivity index (χ3n) is 12.5. The fourth-order valence-electron chi connectivity index (χ4n) is 10.2. The van der Waals surface area contributed by atoms with Crippen molar-refractivity contribution >= 4 is 39.0 Å². The second-order valence-electron chi connectivity index (χ2n) is 15.6. The molecular formula is C52H35NO2. The van der Waals surface area contributed by atoms with Crippen LogP contribution in [-0.2, 0) is 10.8 Å². The highest BCUT2D eigenvalue weighted by Gasteiger charge is 2.51. The van der Waals surface area contributed by atoms with Crippen LogP contribution in [0.5, 0.6) is 11.5 Å². The molecular weight excluding hydrogens is 671 g/mol. The molecule has 8 aromatic carbocycles. The molecule has 9 aromatic rings. The average Bonchev–Trinajstić information content (AvgIpc) is 3.82. The summed E-state index contributed by atoms with van der Waals surface area (Å²) in [5.41, 5.74) is 17.0. The molecule has 0 unspecified atom stereocenters. The minimum atomic E-state index is -0.528. The molecule has 3 nitrogen and oxygen atoms in total. The molecule has 1 spiro atoms. The molecule has 3 aliphatic rings. The Hall–Kier alpha value is -6.84. The Kier molecular flexibility index (Phi) is 6.05. The summed E-state index contributed by atoms with van der Waals surface area (Å²) in [6.45, 7) is 4.68. The normalized spacial score (nSPS) is 14.8. The zero-order valence-electron chi connectivity index (χ0n) is 30.5. The van der Waals surface area contributed by atoms with Crippen molar-refractivity contribution in [3.8, 4) is 33.8 Å². The number of anilines is 3. The van der Waals surface area contributed by atoms with Gasteiger partial charge in [0.1, 0.15) is 22.7 Å². The highest BCUT2D eigenvalue weighted by atomic mass is 16.5. The van der Waals surface area contributed by atoms with Gasteiger partial charge in [0.2, 0.25) is 0 Å². The number of benzene rings is 8. The van der Waals surface area contributed by atoms with Crippen LogP contribution in [-0.4, -0.2) is 0 Å². The second-order valence-corrected chi connectivity index (χ2v) is 15.6. The van der Waals surface area contributed by atoms with Crippen molar-refractivity contribution in [1.82, 2.24) is 0 Å². The van der Waals surface area contributed by atoms with Crippen LogP contribution in [0.2, 0.25) is 0 Å². The summed E-state index contributed by atoms with van der Waals surface area (Å²) in [5, 5.41) is 2.25. The van der Waals surface area contributed by atoms with Crippen molar-refractivity contribution in [3.05, 3.63) is 209 Å². The molecule has 0 radical (unpaired) electrons. The summed E-state index contributed by atoms with van der Waals surface area (Å²) >= 11 is 0. The SMILES string of the molecule is CC1(C)c2ccccc2-c2ccc(N(c3ccccc3)c3ccc4c(c3)oc3ccc5c(c34)-c3ccccc3C53c4ccccc4Oc4ccccc43)cc21. The molecule has 0 N–H and O–H groups in total. The number of ether oxygens (including phenoxy) is 1. The van der Waals surface area contributed by atoms with Crippen LogP contribution in [0, 0.1) is 0 Å². The summed E-state index contributed by atoms with van der Waals surface area (Å²) < 4.78 is 13.4. The predicted molar refractivity (Wildman–Crippen MR) is 223 cm³/mol. The first kappa shape index (κ1) is 30.6. The van der Waals surface area contributed by atoms with E-state index in [9.17, 15) is 0 Å². The second kappa shape index (κ2) is 10.9. The van der Waals surface area contributed by atoms with Crippen LogP contribution < -0.4 is 9.64 Å². The third-order valence-corrected chi connectivity index (χ3v) is 12.5. The summed E-state index contributed by atoms with van der Waals surface area (Å²) in [7, 11) is 0. The molecule has 12 rings (SSSR count). The molecule has 1 aromatic heterocycles. The number of hydrogen-bond acceptors (Lipinski definition) is 3.